The molecule has 1 atom stereocenters. The normalized spacial score (nSPS) is 15.4. The summed E-state index contributed by atoms with van der Waals surface area (Å²) in [6, 6.07) is 0. The van der Waals surface area contributed by atoms with Gasteiger partial charge in [0.1, 0.15) is 5.75 Å². The number of β-amino-alcohol motifs (C(OH)–C–C–N with tert-alkyl or cyclic N) is 1. The van der Waals surface area contributed by atoms with Gasteiger partial charge in [-0.3, -0.25) is 38.4 Å². The van der Waals surface area contributed by atoms with Crippen LogP contribution in [0.25, 0.3) is 0 Å². The smallest absolute Gasteiger partial charge is 0.317 e. The first-order valence-corrected chi connectivity index (χ1v) is 11.5. The van der Waals surface area contributed by atoms with Crippen molar-refractivity contribution >= 4 is 34.0 Å². The van der Waals surface area contributed by atoms with Gasteiger partial charge in [0.25, 0.3) is 10.1 Å². The Morgan fingerprint density at radius 3 is 1.44 bits per heavy atom. The largest absolute Gasteiger partial charge is 0.480 e. The van der Waals surface area contributed by atoms with E-state index in [-0.39, 0.29) is 19.6 Å². The molecule has 0 aromatic carbocycles. The van der Waals surface area contributed by atoms with E-state index in [1.807, 2.05) is 4.90 Å². The second-order valence-electron chi connectivity index (χ2n) is 7.31. The van der Waals surface area contributed by atoms with Crippen molar-refractivity contribution < 1.29 is 62.4 Å². The highest BCUT2D eigenvalue weighted by atomic mass is 32.2. The predicted octanol–water partition coefficient (Wildman–Crippen LogP) is -3.50. The molecule has 34 heavy (non-hydrogen) atoms. The highest BCUT2D eigenvalue weighted by Gasteiger charge is 2.19. The topological polar surface area (TPSA) is 243 Å². The fraction of sp³-hybridized carbons (Fsp3) is 0.765. The van der Waals surface area contributed by atoms with Crippen LogP contribution in [0.2, 0.25) is 0 Å². The Morgan fingerprint density at radius 1 is 0.794 bits per heavy atom. The van der Waals surface area contributed by atoms with Crippen LogP contribution in [0.15, 0.2) is 0 Å². The van der Waals surface area contributed by atoms with Gasteiger partial charge < -0.3 is 30.3 Å². The second-order valence-corrected chi connectivity index (χ2v) is 8.81. The SMILES string of the molecule is O=C(O)CN(CCN(CC(=O)O)CC(=O)O)CC(=O)O.O=S(=O)(O)CC(O)CN1CCOCC1. The van der Waals surface area contributed by atoms with Gasteiger partial charge in [0.2, 0.25) is 0 Å². The number of hydrogen-bond acceptors (Lipinski definition) is 11. The number of rotatable bonds is 15. The maximum atomic E-state index is 10.6. The van der Waals surface area contributed by atoms with Crippen molar-refractivity contribution in [1.29, 1.82) is 0 Å². The highest BCUT2D eigenvalue weighted by Crippen LogP contribution is 2.00. The van der Waals surface area contributed by atoms with Gasteiger partial charge in [0.15, 0.2) is 0 Å². The quantitative estimate of drug-likeness (QED) is 0.115. The Morgan fingerprint density at radius 2 is 1.15 bits per heavy atom. The molecule has 1 unspecified atom stereocenters. The van der Waals surface area contributed by atoms with E-state index in [1.165, 1.54) is 0 Å². The molecule has 0 aromatic heterocycles. The molecule has 6 N–H and O–H groups in total. The first-order valence-electron chi connectivity index (χ1n) is 9.93. The number of nitrogens with zero attached hydrogens (tertiary/aromatic N) is 3. The Balaban J connectivity index is 0.000000679. The maximum Gasteiger partial charge on any atom is 0.317 e. The first-order chi connectivity index (χ1) is 15.7. The van der Waals surface area contributed by atoms with Gasteiger partial charge in [-0.1, -0.05) is 0 Å². The molecule has 0 aromatic rings. The van der Waals surface area contributed by atoms with Crippen molar-refractivity contribution in [2.24, 2.45) is 0 Å². The van der Waals surface area contributed by atoms with Crippen molar-refractivity contribution in [2.45, 2.75) is 6.10 Å². The van der Waals surface area contributed by atoms with E-state index < -0.39 is 72.0 Å². The lowest BCUT2D eigenvalue weighted by atomic mass is 10.3. The van der Waals surface area contributed by atoms with Crippen LogP contribution in [0.3, 0.4) is 0 Å². The molecule has 0 spiro atoms. The van der Waals surface area contributed by atoms with Gasteiger partial charge in [0, 0.05) is 32.7 Å². The lowest BCUT2D eigenvalue weighted by Gasteiger charge is -2.28. The molecule has 1 rings (SSSR count). The molecule has 16 nitrogen and oxygen atoms in total. The Labute approximate surface area is 195 Å². The Hall–Kier alpha value is -2.41. The van der Waals surface area contributed by atoms with Gasteiger partial charge in [-0.05, 0) is 0 Å². The van der Waals surface area contributed by atoms with Crippen LogP contribution in [0.1, 0.15) is 0 Å². The van der Waals surface area contributed by atoms with Crippen LogP contribution in [-0.2, 0) is 34.0 Å². The summed E-state index contributed by atoms with van der Waals surface area (Å²) in [5.41, 5.74) is 0. The van der Waals surface area contributed by atoms with Crippen molar-refractivity contribution in [3.05, 3.63) is 0 Å². The number of hydrogen-bond donors (Lipinski definition) is 6. The third kappa shape index (κ3) is 19.1. The Bertz CT molecular complexity index is 703. The van der Waals surface area contributed by atoms with Gasteiger partial charge in [-0.25, -0.2) is 0 Å². The van der Waals surface area contributed by atoms with Crippen molar-refractivity contribution in [1.82, 2.24) is 14.7 Å². The number of aliphatic carboxylic acids is 4. The van der Waals surface area contributed by atoms with Gasteiger partial charge >= 0.3 is 23.9 Å². The van der Waals surface area contributed by atoms with Gasteiger partial charge in [-0.15, -0.1) is 0 Å². The van der Waals surface area contributed by atoms with Gasteiger partial charge in [-0.2, -0.15) is 8.42 Å². The predicted molar refractivity (Wildman–Crippen MR) is 113 cm³/mol. The third-order valence-electron chi connectivity index (χ3n) is 4.14. The zero-order chi connectivity index (χ0) is 26.3. The lowest BCUT2D eigenvalue weighted by molar-refractivity contribution is -0.145. The fourth-order valence-corrected chi connectivity index (χ4v) is 3.45. The minimum atomic E-state index is -4.08. The summed E-state index contributed by atoms with van der Waals surface area (Å²) in [7, 11) is -4.08. The van der Waals surface area contributed by atoms with Crippen LogP contribution in [0.4, 0.5) is 0 Å². The molecule has 1 fully saturated rings. The van der Waals surface area contributed by atoms with E-state index in [9.17, 15) is 32.7 Å². The average molecular weight is 518 g/mol. The monoisotopic (exact) mass is 517 g/mol. The zero-order valence-corrected chi connectivity index (χ0v) is 19.2. The summed E-state index contributed by atoms with van der Waals surface area (Å²) in [5.74, 6) is -5.52. The van der Waals surface area contributed by atoms with Crippen LogP contribution in [0.5, 0.6) is 0 Å². The van der Waals surface area contributed by atoms with E-state index in [0.29, 0.717) is 26.3 Å². The lowest BCUT2D eigenvalue weighted by Crippen LogP contribution is -2.43. The number of aliphatic hydroxyl groups is 1. The number of carboxylic acids is 4. The zero-order valence-electron chi connectivity index (χ0n) is 18.4. The number of aliphatic hydroxyl groups excluding tert-OH is 1. The number of carbonyl (C=O) groups is 4. The second kappa shape index (κ2) is 16.3. The van der Waals surface area contributed by atoms with Crippen LogP contribution in [0, 0.1) is 0 Å². The molecule has 1 heterocycles. The van der Waals surface area contributed by atoms with E-state index in [2.05, 4.69) is 0 Å². The van der Waals surface area contributed by atoms with E-state index >= 15 is 0 Å². The summed E-state index contributed by atoms with van der Waals surface area (Å²) >= 11 is 0. The summed E-state index contributed by atoms with van der Waals surface area (Å²) in [4.78, 5) is 46.3. The van der Waals surface area contributed by atoms with Crippen molar-refractivity contribution in [3.8, 4) is 0 Å². The maximum absolute atomic E-state index is 10.6. The molecule has 1 aliphatic rings. The molecular formula is C17H31N3O13S. The van der Waals surface area contributed by atoms with Crippen LogP contribution >= 0.6 is 0 Å². The average Bonchev–Trinajstić information content (AvgIpc) is 2.64. The van der Waals surface area contributed by atoms with Crippen molar-refractivity contribution in [2.75, 3.05) is 77.9 Å². The van der Waals surface area contributed by atoms with Crippen LogP contribution in [-0.4, -0.2) is 161 Å². The minimum absolute atomic E-state index is 0.0703. The van der Waals surface area contributed by atoms with Crippen molar-refractivity contribution in [3.63, 3.8) is 0 Å². The molecule has 0 saturated carbocycles. The molecule has 1 saturated heterocycles. The molecule has 17 heteroatoms. The van der Waals surface area contributed by atoms with Crippen LogP contribution < -0.4 is 0 Å². The van der Waals surface area contributed by atoms with E-state index in [4.69, 9.17) is 29.7 Å². The molecule has 0 aliphatic carbocycles. The molecule has 0 radical (unpaired) electrons. The molecule has 0 bridgehead atoms. The number of ether oxygens (including phenoxy) is 1. The summed E-state index contributed by atoms with van der Waals surface area (Å²) < 4.78 is 34.4. The highest BCUT2D eigenvalue weighted by molar-refractivity contribution is 7.85. The Kier molecular flexibility index (Phi) is 15.1. The molecule has 1 aliphatic heterocycles. The summed E-state index contributed by atoms with van der Waals surface area (Å²) in [6.07, 6.45) is -1.04. The summed E-state index contributed by atoms with van der Waals surface area (Å²) in [6.45, 7) is 0.560. The third-order valence-corrected chi connectivity index (χ3v) is 4.95. The summed E-state index contributed by atoms with van der Waals surface area (Å²) in [5, 5.41) is 43.8. The molecule has 198 valence electrons. The number of morpholine rings is 1. The fourth-order valence-electron chi connectivity index (χ4n) is 2.85. The standard InChI is InChI=1S/C10H16N2O8.C7H15NO5S/c13-7(14)3-11(4-8(15)16)1-2-12(5-9(17)18)6-10(19)20;9-7(6-14(10,11)12)5-8-1-3-13-4-2-8/h1-6H2,(H,13,14)(H,15,16)(H,17,18)(H,19,20);7,9H,1-6H2,(H,10,11,12). The van der Waals surface area contributed by atoms with E-state index in [1.54, 1.807) is 0 Å². The first kappa shape index (κ1) is 31.6. The van der Waals surface area contributed by atoms with E-state index in [0.717, 1.165) is 9.80 Å². The van der Waals surface area contributed by atoms with Gasteiger partial charge in [0.05, 0.1) is 45.5 Å². The molecular weight excluding hydrogens is 486 g/mol. The number of carboxylic acid groups (broad SMARTS) is 4. The molecule has 0 amide bonds. The minimum Gasteiger partial charge on any atom is -0.480 e.